The molecule has 0 aromatic heterocycles. The fraction of sp³-hybridized carbons (Fsp3) is 0.300. The Morgan fingerprint density at radius 3 is 2.73 bits per heavy atom. The van der Waals surface area contributed by atoms with Crippen molar-refractivity contribution in [2.75, 3.05) is 0 Å². The van der Waals surface area contributed by atoms with Gasteiger partial charge in [0.25, 0.3) is 0 Å². The number of halogens is 2. The van der Waals surface area contributed by atoms with Crippen LogP contribution in [0.4, 0.5) is 4.39 Å². The third-order valence-electron chi connectivity index (χ3n) is 1.96. The van der Waals surface area contributed by atoms with Crippen LogP contribution in [0.1, 0.15) is 18.4 Å². The molecule has 2 N–H and O–H groups in total. The van der Waals surface area contributed by atoms with E-state index in [4.69, 9.17) is 5.11 Å². The molecule has 82 valence electrons. The number of hydrogen-bond donors (Lipinski definition) is 2. The zero-order chi connectivity index (χ0) is 11.4. The summed E-state index contributed by atoms with van der Waals surface area (Å²) in [6.45, 7) is 0. The van der Waals surface area contributed by atoms with Gasteiger partial charge in [-0.1, -0.05) is 0 Å². The summed E-state index contributed by atoms with van der Waals surface area (Å²) in [6, 6.07) is 2.48. The topological polar surface area (TPSA) is 57.5 Å². The molecule has 0 unspecified atom stereocenters. The maximum atomic E-state index is 12.9. The Morgan fingerprint density at radius 2 is 2.13 bits per heavy atom. The Bertz CT molecular complexity index is 379. The molecule has 0 heterocycles. The van der Waals surface area contributed by atoms with E-state index < -0.39 is 11.8 Å². The Balaban J connectivity index is 2.69. The first-order valence-corrected chi connectivity index (χ1v) is 5.18. The molecule has 0 saturated heterocycles. The fourth-order valence-electron chi connectivity index (χ4n) is 1.21. The Labute approximate surface area is 94.7 Å². The van der Waals surface area contributed by atoms with Crippen LogP contribution in [-0.2, 0) is 11.2 Å². The molecule has 0 fully saturated rings. The lowest BCUT2D eigenvalue weighted by molar-refractivity contribution is -0.137. The lowest BCUT2D eigenvalue weighted by Gasteiger charge is -2.05. The minimum atomic E-state index is -0.879. The van der Waals surface area contributed by atoms with Crippen LogP contribution in [-0.4, -0.2) is 16.2 Å². The maximum Gasteiger partial charge on any atom is 0.303 e. The quantitative estimate of drug-likeness (QED) is 0.889. The van der Waals surface area contributed by atoms with Crippen LogP contribution in [0, 0.1) is 5.82 Å². The molecule has 0 aliphatic heterocycles. The van der Waals surface area contributed by atoms with Gasteiger partial charge in [-0.05, 0) is 40.4 Å². The van der Waals surface area contributed by atoms with E-state index in [1.54, 1.807) is 0 Å². The van der Waals surface area contributed by atoms with Gasteiger partial charge in [0.1, 0.15) is 11.6 Å². The van der Waals surface area contributed by atoms with Crippen molar-refractivity contribution in [2.45, 2.75) is 19.3 Å². The molecule has 3 nitrogen and oxygen atoms in total. The molecular weight excluding hydrogens is 267 g/mol. The van der Waals surface area contributed by atoms with Gasteiger partial charge in [0.05, 0.1) is 4.47 Å². The van der Waals surface area contributed by atoms with Crippen molar-refractivity contribution in [1.29, 1.82) is 0 Å². The van der Waals surface area contributed by atoms with Gasteiger partial charge in [-0.3, -0.25) is 4.79 Å². The zero-order valence-electron chi connectivity index (χ0n) is 7.83. The summed E-state index contributed by atoms with van der Waals surface area (Å²) in [4.78, 5) is 10.3. The number of aryl methyl sites for hydroxylation is 1. The second-order valence-electron chi connectivity index (χ2n) is 3.14. The molecule has 5 heteroatoms. The normalized spacial score (nSPS) is 10.3. The molecule has 1 aromatic rings. The smallest absolute Gasteiger partial charge is 0.303 e. The van der Waals surface area contributed by atoms with Gasteiger partial charge in [0.2, 0.25) is 0 Å². The monoisotopic (exact) mass is 276 g/mol. The Hall–Kier alpha value is -1.10. The largest absolute Gasteiger partial charge is 0.508 e. The van der Waals surface area contributed by atoms with Gasteiger partial charge in [0.15, 0.2) is 0 Å². The third kappa shape index (κ3) is 3.51. The van der Waals surface area contributed by atoms with E-state index in [0.717, 1.165) is 6.07 Å². The predicted octanol–water partition coefficient (Wildman–Crippen LogP) is 2.70. The molecule has 0 saturated carbocycles. The standard InChI is InChI=1S/C10H10BrFO3/c11-7-4-6(2-1-3-10(14)15)9(13)5-8(7)12/h4-5,13H,1-3H2,(H,14,15). The van der Waals surface area contributed by atoms with Gasteiger partial charge in [-0.25, -0.2) is 4.39 Å². The maximum absolute atomic E-state index is 12.9. The lowest BCUT2D eigenvalue weighted by atomic mass is 10.1. The zero-order valence-corrected chi connectivity index (χ0v) is 9.42. The first-order chi connectivity index (χ1) is 7.00. The summed E-state index contributed by atoms with van der Waals surface area (Å²) in [7, 11) is 0. The SMILES string of the molecule is O=C(O)CCCc1cc(Br)c(F)cc1O. The molecule has 1 rings (SSSR count). The molecule has 0 aliphatic carbocycles. The van der Waals surface area contributed by atoms with E-state index in [2.05, 4.69) is 15.9 Å². The molecule has 0 radical (unpaired) electrons. The van der Waals surface area contributed by atoms with Crippen LogP contribution in [0.3, 0.4) is 0 Å². The predicted molar refractivity (Wildman–Crippen MR) is 56.3 cm³/mol. The van der Waals surface area contributed by atoms with E-state index in [9.17, 15) is 14.3 Å². The summed E-state index contributed by atoms with van der Waals surface area (Å²) in [6.07, 6.45) is 0.867. The fourth-order valence-corrected chi connectivity index (χ4v) is 1.60. The number of carboxylic acids is 1. The van der Waals surface area contributed by atoms with Crippen LogP contribution in [0.25, 0.3) is 0 Å². The Morgan fingerprint density at radius 1 is 1.47 bits per heavy atom. The summed E-state index contributed by atoms with van der Waals surface area (Å²) in [5, 5.41) is 17.8. The highest BCUT2D eigenvalue weighted by Gasteiger charge is 2.07. The average molecular weight is 277 g/mol. The summed E-state index contributed by atoms with van der Waals surface area (Å²) in [5.74, 6) is -1.55. The number of hydrogen-bond acceptors (Lipinski definition) is 2. The van der Waals surface area contributed by atoms with Crippen LogP contribution in [0.15, 0.2) is 16.6 Å². The van der Waals surface area contributed by atoms with E-state index in [-0.39, 0.29) is 16.6 Å². The molecule has 0 atom stereocenters. The Kier molecular flexibility index (Phi) is 4.08. The van der Waals surface area contributed by atoms with Crippen LogP contribution < -0.4 is 0 Å². The number of rotatable bonds is 4. The minimum Gasteiger partial charge on any atom is -0.508 e. The number of aliphatic carboxylic acids is 1. The van der Waals surface area contributed by atoms with Crippen LogP contribution >= 0.6 is 15.9 Å². The van der Waals surface area contributed by atoms with Crippen LogP contribution in [0.2, 0.25) is 0 Å². The van der Waals surface area contributed by atoms with Gasteiger partial charge in [-0.15, -0.1) is 0 Å². The molecule has 1 aromatic carbocycles. The van der Waals surface area contributed by atoms with Crippen molar-refractivity contribution in [2.24, 2.45) is 0 Å². The highest BCUT2D eigenvalue weighted by molar-refractivity contribution is 9.10. The van der Waals surface area contributed by atoms with Crippen molar-refractivity contribution in [1.82, 2.24) is 0 Å². The van der Waals surface area contributed by atoms with Crippen molar-refractivity contribution in [3.63, 3.8) is 0 Å². The number of benzene rings is 1. The summed E-state index contributed by atoms with van der Waals surface area (Å²) >= 11 is 3.00. The summed E-state index contributed by atoms with van der Waals surface area (Å²) in [5.41, 5.74) is 0.546. The van der Waals surface area contributed by atoms with Gasteiger partial charge in [0, 0.05) is 12.5 Å². The summed E-state index contributed by atoms with van der Waals surface area (Å²) < 4.78 is 13.2. The van der Waals surface area contributed by atoms with E-state index in [1.807, 2.05) is 0 Å². The molecule has 0 amide bonds. The number of phenolic OH excluding ortho intramolecular Hbond substituents is 1. The lowest BCUT2D eigenvalue weighted by Crippen LogP contribution is -1.96. The first kappa shape index (κ1) is 12.0. The molecule has 0 bridgehead atoms. The third-order valence-corrected chi connectivity index (χ3v) is 2.57. The molecular formula is C10H10BrFO3. The van der Waals surface area contributed by atoms with Gasteiger partial charge >= 0.3 is 5.97 Å². The van der Waals surface area contributed by atoms with E-state index >= 15 is 0 Å². The van der Waals surface area contributed by atoms with E-state index in [0.29, 0.717) is 18.4 Å². The van der Waals surface area contributed by atoms with Gasteiger partial charge in [-0.2, -0.15) is 0 Å². The molecule has 15 heavy (non-hydrogen) atoms. The number of aromatic hydroxyl groups is 1. The highest BCUT2D eigenvalue weighted by Crippen LogP contribution is 2.26. The minimum absolute atomic E-state index is 0.0361. The highest BCUT2D eigenvalue weighted by atomic mass is 79.9. The van der Waals surface area contributed by atoms with Crippen molar-refractivity contribution in [3.8, 4) is 5.75 Å². The second kappa shape index (κ2) is 5.11. The average Bonchev–Trinajstić information content (AvgIpc) is 2.13. The number of phenols is 1. The number of carboxylic acid groups (broad SMARTS) is 1. The van der Waals surface area contributed by atoms with Crippen LogP contribution in [0.5, 0.6) is 5.75 Å². The van der Waals surface area contributed by atoms with Gasteiger partial charge < -0.3 is 10.2 Å². The van der Waals surface area contributed by atoms with Crippen molar-refractivity contribution < 1.29 is 19.4 Å². The van der Waals surface area contributed by atoms with Crippen molar-refractivity contribution in [3.05, 3.63) is 28.0 Å². The van der Waals surface area contributed by atoms with Crippen molar-refractivity contribution >= 4 is 21.9 Å². The molecule has 0 spiro atoms. The molecule has 0 aliphatic rings. The number of carbonyl (C=O) groups is 1. The first-order valence-electron chi connectivity index (χ1n) is 4.39. The van der Waals surface area contributed by atoms with E-state index in [1.165, 1.54) is 6.07 Å². The second-order valence-corrected chi connectivity index (χ2v) is 4.00.